The highest BCUT2D eigenvalue weighted by atomic mass is 16.5. The van der Waals surface area contributed by atoms with Gasteiger partial charge < -0.3 is 15.4 Å². The fourth-order valence-electron chi connectivity index (χ4n) is 2.45. The third-order valence-electron chi connectivity index (χ3n) is 3.25. The maximum atomic E-state index is 5.74. The van der Waals surface area contributed by atoms with Crippen LogP contribution in [0.3, 0.4) is 0 Å². The first-order chi connectivity index (χ1) is 9.22. The van der Waals surface area contributed by atoms with Gasteiger partial charge in [0.15, 0.2) is 6.23 Å². The Morgan fingerprint density at radius 1 is 1.11 bits per heavy atom. The largest absolute Gasteiger partial charge is 0.472 e. The standard InChI is InChI=1S/C16H18N2O/c1-11-7-12(2)9-13(8-11)16-18-15(10-19-16)14-5-3-4-6-17-14/h3-5,7-10,16-18H,6H2,1-2H3. The zero-order chi connectivity index (χ0) is 13.2. The molecular weight excluding hydrogens is 236 g/mol. The zero-order valence-electron chi connectivity index (χ0n) is 11.2. The molecule has 0 amide bonds. The van der Waals surface area contributed by atoms with Gasteiger partial charge in [-0.3, -0.25) is 0 Å². The van der Waals surface area contributed by atoms with E-state index < -0.39 is 0 Å². The molecule has 2 heterocycles. The van der Waals surface area contributed by atoms with E-state index in [1.54, 1.807) is 6.26 Å². The van der Waals surface area contributed by atoms with Crippen molar-refractivity contribution in [3.63, 3.8) is 0 Å². The van der Waals surface area contributed by atoms with Gasteiger partial charge in [0, 0.05) is 12.1 Å². The molecule has 0 spiro atoms. The second kappa shape index (κ2) is 4.84. The molecular formula is C16H18N2O. The van der Waals surface area contributed by atoms with Crippen LogP contribution in [0.25, 0.3) is 0 Å². The Morgan fingerprint density at radius 3 is 2.58 bits per heavy atom. The normalized spacial score (nSPS) is 21.1. The molecule has 19 heavy (non-hydrogen) atoms. The summed E-state index contributed by atoms with van der Waals surface area (Å²) in [5, 5.41) is 6.72. The molecule has 3 nitrogen and oxygen atoms in total. The molecule has 3 heteroatoms. The van der Waals surface area contributed by atoms with Crippen molar-refractivity contribution in [1.29, 1.82) is 0 Å². The van der Waals surface area contributed by atoms with E-state index in [2.05, 4.69) is 60.9 Å². The third kappa shape index (κ3) is 2.50. The maximum Gasteiger partial charge on any atom is 0.195 e. The molecule has 0 bridgehead atoms. The van der Waals surface area contributed by atoms with E-state index in [4.69, 9.17) is 4.74 Å². The molecule has 1 aromatic carbocycles. The van der Waals surface area contributed by atoms with Crippen molar-refractivity contribution in [3.8, 4) is 0 Å². The van der Waals surface area contributed by atoms with Gasteiger partial charge in [0.2, 0.25) is 0 Å². The van der Waals surface area contributed by atoms with Crippen molar-refractivity contribution >= 4 is 0 Å². The van der Waals surface area contributed by atoms with Crippen molar-refractivity contribution in [3.05, 3.63) is 70.8 Å². The number of allylic oxidation sites excluding steroid dienone is 2. The molecule has 0 saturated heterocycles. The van der Waals surface area contributed by atoms with Crippen molar-refractivity contribution in [2.45, 2.75) is 20.1 Å². The van der Waals surface area contributed by atoms with Crippen LogP contribution in [0.5, 0.6) is 0 Å². The van der Waals surface area contributed by atoms with E-state index in [0.29, 0.717) is 0 Å². The molecule has 0 fully saturated rings. The first kappa shape index (κ1) is 11.9. The summed E-state index contributed by atoms with van der Waals surface area (Å²) in [6.07, 6.45) is 7.89. The van der Waals surface area contributed by atoms with Gasteiger partial charge >= 0.3 is 0 Å². The van der Waals surface area contributed by atoms with Gasteiger partial charge in [-0.25, -0.2) is 0 Å². The lowest BCUT2D eigenvalue weighted by Crippen LogP contribution is -2.24. The van der Waals surface area contributed by atoms with Crippen LogP contribution >= 0.6 is 0 Å². The van der Waals surface area contributed by atoms with Gasteiger partial charge in [-0.2, -0.15) is 0 Å². The predicted molar refractivity (Wildman–Crippen MR) is 76.2 cm³/mol. The Hall–Kier alpha value is -2.16. The van der Waals surface area contributed by atoms with Crippen molar-refractivity contribution in [2.24, 2.45) is 0 Å². The summed E-state index contributed by atoms with van der Waals surface area (Å²) in [5.41, 5.74) is 5.76. The lowest BCUT2D eigenvalue weighted by atomic mass is 10.1. The molecule has 1 atom stereocenters. The van der Waals surface area contributed by atoms with Crippen LogP contribution in [0.2, 0.25) is 0 Å². The van der Waals surface area contributed by atoms with Crippen molar-refractivity contribution < 1.29 is 4.74 Å². The zero-order valence-corrected chi connectivity index (χ0v) is 11.2. The second-order valence-corrected chi connectivity index (χ2v) is 5.00. The van der Waals surface area contributed by atoms with E-state index in [1.165, 1.54) is 11.1 Å². The molecule has 0 saturated carbocycles. The summed E-state index contributed by atoms with van der Waals surface area (Å²) >= 11 is 0. The van der Waals surface area contributed by atoms with E-state index in [0.717, 1.165) is 23.5 Å². The average Bonchev–Trinajstić information content (AvgIpc) is 2.88. The average molecular weight is 254 g/mol. The summed E-state index contributed by atoms with van der Waals surface area (Å²) in [7, 11) is 0. The van der Waals surface area contributed by atoms with E-state index >= 15 is 0 Å². The highest BCUT2D eigenvalue weighted by Crippen LogP contribution is 2.26. The van der Waals surface area contributed by atoms with Gasteiger partial charge in [-0.05, 0) is 19.9 Å². The number of dihydropyridines is 1. The van der Waals surface area contributed by atoms with Crippen molar-refractivity contribution in [2.75, 3.05) is 6.54 Å². The molecule has 0 aliphatic carbocycles. The van der Waals surface area contributed by atoms with E-state index in [-0.39, 0.29) is 6.23 Å². The van der Waals surface area contributed by atoms with Gasteiger partial charge in [-0.1, -0.05) is 41.5 Å². The second-order valence-electron chi connectivity index (χ2n) is 5.00. The number of benzene rings is 1. The number of ether oxygens (including phenoxy) is 1. The predicted octanol–water partition coefficient (Wildman–Crippen LogP) is 2.81. The first-order valence-corrected chi connectivity index (χ1v) is 6.54. The van der Waals surface area contributed by atoms with Crippen LogP contribution in [0.15, 0.2) is 54.1 Å². The summed E-state index contributed by atoms with van der Waals surface area (Å²) in [4.78, 5) is 0. The lowest BCUT2D eigenvalue weighted by molar-refractivity contribution is 0.154. The molecule has 2 aliphatic heterocycles. The Kier molecular flexibility index (Phi) is 3.03. The Bertz CT molecular complexity index is 564. The molecule has 1 unspecified atom stereocenters. The molecule has 0 aromatic heterocycles. The Morgan fingerprint density at radius 2 is 1.89 bits per heavy atom. The first-order valence-electron chi connectivity index (χ1n) is 6.54. The summed E-state index contributed by atoms with van der Waals surface area (Å²) in [6, 6.07) is 6.48. The van der Waals surface area contributed by atoms with Gasteiger partial charge in [0.1, 0.15) is 6.26 Å². The van der Waals surface area contributed by atoms with Crippen molar-refractivity contribution in [1.82, 2.24) is 10.6 Å². The minimum Gasteiger partial charge on any atom is -0.472 e. The summed E-state index contributed by atoms with van der Waals surface area (Å²) < 4.78 is 5.74. The summed E-state index contributed by atoms with van der Waals surface area (Å²) in [6.45, 7) is 5.07. The van der Waals surface area contributed by atoms with E-state index in [9.17, 15) is 0 Å². The fraction of sp³-hybridized carbons (Fsp3) is 0.250. The Labute approximate surface area is 113 Å². The molecule has 1 aromatic rings. The number of hydrogen-bond donors (Lipinski definition) is 2. The Balaban J connectivity index is 1.77. The molecule has 3 rings (SSSR count). The highest BCUT2D eigenvalue weighted by molar-refractivity contribution is 5.37. The van der Waals surface area contributed by atoms with Gasteiger partial charge in [0.25, 0.3) is 0 Å². The number of hydrogen-bond acceptors (Lipinski definition) is 3. The fourth-order valence-corrected chi connectivity index (χ4v) is 2.45. The van der Waals surface area contributed by atoms with Crippen LogP contribution < -0.4 is 10.6 Å². The smallest absolute Gasteiger partial charge is 0.195 e. The highest BCUT2D eigenvalue weighted by Gasteiger charge is 2.21. The topological polar surface area (TPSA) is 33.3 Å². The van der Waals surface area contributed by atoms with Gasteiger partial charge in [-0.15, -0.1) is 0 Å². The molecule has 0 radical (unpaired) electrons. The molecule has 2 N–H and O–H groups in total. The minimum absolute atomic E-state index is 0.0952. The van der Waals surface area contributed by atoms with Crippen LogP contribution in [-0.4, -0.2) is 6.54 Å². The van der Waals surface area contributed by atoms with Crippen LogP contribution in [0.1, 0.15) is 22.9 Å². The molecule has 2 aliphatic rings. The third-order valence-corrected chi connectivity index (χ3v) is 3.25. The number of nitrogens with one attached hydrogen (secondary N) is 2. The lowest BCUT2D eigenvalue weighted by Gasteiger charge is -2.17. The van der Waals surface area contributed by atoms with Gasteiger partial charge in [0.05, 0.1) is 11.4 Å². The van der Waals surface area contributed by atoms with Crippen LogP contribution in [0, 0.1) is 13.8 Å². The summed E-state index contributed by atoms with van der Waals surface area (Å²) in [5.74, 6) is 0. The van der Waals surface area contributed by atoms with E-state index in [1.807, 2.05) is 0 Å². The van der Waals surface area contributed by atoms with Crippen LogP contribution in [0.4, 0.5) is 0 Å². The van der Waals surface area contributed by atoms with Crippen LogP contribution in [-0.2, 0) is 4.74 Å². The number of rotatable bonds is 2. The SMILES string of the molecule is Cc1cc(C)cc(C2NC(C3=CC=CCN3)=CO2)c1. The minimum atomic E-state index is -0.0952. The molecule has 98 valence electrons. The monoisotopic (exact) mass is 254 g/mol. The quantitative estimate of drug-likeness (QED) is 0.851. The maximum absolute atomic E-state index is 5.74. The number of aryl methyl sites for hydroxylation is 2.